The minimum atomic E-state index is -0.467. The van der Waals surface area contributed by atoms with Crippen LogP contribution < -0.4 is 4.90 Å². The van der Waals surface area contributed by atoms with E-state index in [2.05, 4.69) is 193 Å². The fourth-order valence-corrected chi connectivity index (χ4v) is 10.2. The molecule has 2 heteroatoms. The standard InChI is InChI=1S/C49H31NS/c1-4-16-32(17-5-1)33-28-29-42-39(30-33)46-43(49(42)40-25-13-10-22-36(40)37-23-11-14-26-41(37)49)31-45-47(38-24-12-15-27-44(38)51-45)48(46)50(34-18-6-2-7-19-34)35-20-8-3-9-21-35/h1-31H. The largest absolute Gasteiger partial charge is 0.309 e. The lowest BCUT2D eigenvalue weighted by Gasteiger charge is -2.32. The van der Waals surface area contributed by atoms with Crippen LogP contribution in [0.15, 0.2) is 188 Å². The molecule has 1 aromatic heterocycles. The van der Waals surface area contributed by atoms with E-state index in [0.29, 0.717) is 0 Å². The summed E-state index contributed by atoms with van der Waals surface area (Å²) < 4.78 is 2.61. The summed E-state index contributed by atoms with van der Waals surface area (Å²) in [7, 11) is 0. The summed E-state index contributed by atoms with van der Waals surface area (Å²) in [6, 6.07) is 69.6. The number of benzene rings is 8. The van der Waals surface area contributed by atoms with Crippen molar-refractivity contribution in [3.63, 3.8) is 0 Å². The SMILES string of the molecule is c1ccc(-c2ccc3c(c2)-c2c(cc4sc5ccccc5c4c2N(c2ccccc2)c2ccccc2)C32c3ccccc3-c3ccccc32)cc1. The molecule has 51 heavy (non-hydrogen) atoms. The van der Waals surface area contributed by atoms with Crippen molar-refractivity contribution in [2.24, 2.45) is 0 Å². The van der Waals surface area contributed by atoms with Crippen molar-refractivity contribution in [3.8, 4) is 33.4 Å². The zero-order chi connectivity index (χ0) is 33.5. The third kappa shape index (κ3) is 3.91. The molecule has 0 saturated heterocycles. The number of nitrogens with zero attached hydrogens (tertiary/aromatic N) is 1. The van der Waals surface area contributed by atoms with Crippen LogP contribution in [0.3, 0.4) is 0 Å². The van der Waals surface area contributed by atoms with Crippen LogP contribution in [-0.4, -0.2) is 0 Å². The maximum absolute atomic E-state index is 2.55. The average molecular weight is 666 g/mol. The predicted octanol–water partition coefficient (Wildman–Crippen LogP) is 13.5. The van der Waals surface area contributed by atoms with E-state index in [1.165, 1.54) is 81.5 Å². The van der Waals surface area contributed by atoms with Gasteiger partial charge in [-0.15, -0.1) is 11.3 Å². The number of rotatable bonds is 4. The van der Waals surface area contributed by atoms with Gasteiger partial charge in [0.1, 0.15) is 0 Å². The Balaban J connectivity index is 1.38. The molecule has 2 aliphatic rings. The molecule has 9 aromatic rings. The van der Waals surface area contributed by atoms with Gasteiger partial charge in [-0.25, -0.2) is 0 Å². The van der Waals surface area contributed by atoms with Crippen molar-refractivity contribution in [1.29, 1.82) is 0 Å². The Morgan fingerprint density at radius 3 is 1.61 bits per heavy atom. The fraction of sp³-hybridized carbons (Fsp3) is 0.0204. The van der Waals surface area contributed by atoms with E-state index in [1.807, 2.05) is 11.3 Å². The van der Waals surface area contributed by atoms with E-state index < -0.39 is 5.41 Å². The van der Waals surface area contributed by atoms with Gasteiger partial charge in [0.25, 0.3) is 0 Å². The number of thiophene rings is 1. The highest BCUT2D eigenvalue weighted by Crippen LogP contribution is 2.66. The van der Waals surface area contributed by atoms with Crippen molar-refractivity contribution >= 4 is 48.6 Å². The Morgan fingerprint density at radius 2 is 0.941 bits per heavy atom. The van der Waals surface area contributed by atoms with Crippen LogP contribution in [-0.2, 0) is 5.41 Å². The third-order valence-electron chi connectivity index (χ3n) is 11.0. The molecule has 2 aliphatic carbocycles. The van der Waals surface area contributed by atoms with E-state index in [9.17, 15) is 0 Å². The van der Waals surface area contributed by atoms with Gasteiger partial charge in [0, 0.05) is 37.1 Å². The van der Waals surface area contributed by atoms with E-state index in [-0.39, 0.29) is 0 Å². The van der Waals surface area contributed by atoms with Crippen molar-refractivity contribution in [2.75, 3.05) is 4.90 Å². The molecule has 0 radical (unpaired) electrons. The first-order valence-electron chi connectivity index (χ1n) is 17.6. The first kappa shape index (κ1) is 28.6. The molecule has 0 fully saturated rings. The molecule has 0 bridgehead atoms. The van der Waals surface area contributed by atoms with Gasteiger partial charge in [-0.3, -0.25) is 0 Å². The monoisotopic (exact) mass is 665 g/mol. The highest BCUT2D eigenvalue weighted by atomic mass is 32.1. The molecule has 238 valence electrons. The molecule has 0 unspecified atom stereocenters. The van der Waals surface area contributed by atoms with Gasteiger partial charge in [-0.1, -0.05) is 146 Å². The zero-order valence-corrected chi connectivity index (χ0v) is 28.6. The Labute approximate surface area is 301 Å². The zero-order valence-electron chi connectivity index (χ0n) is 27.8. The first-order valence-corrected chi connectivity index (χ1v) is 18.4. The van der Waals surface area contributed by atoms with E-state index in [0.717, 1.165) is 11.4 Å². The van der Waals surface area contributed by atoms with Crippen LogP contribution in [0.1, 0.15) is 22.3 Å². The lowest BCUT2D eigenvalue weighted by molar-refractivity contribution is 0.795. The summed E-state index contributed by atoms with van der Waals surface area (Å²) in [5.41, 5.74) is 16.2. The van der Waals surface area contributed by atoms with E-state index >= 15 is 0 Å². The van der Waals surface area contributed by atoms with Crippen molar-refractivity contribution < 1.29 is 0 Å². The second-order valence-electron chi connectivity index (χ2n) is 13.6. The predicted molar refractivity (Wildman–Crippen MR) is 216 cm³/mol. The van der Waals surface area contributed by atoms with Gasteiger partial charge >= 0.3 is 0 Å². The Bertz CT molecular complexity index is 2710. The summed E-state index contributed by atoms with van der Waals surface area (Å²) in [6.45, 7) is 0. The van der Waals surface area contributed by atoms with Crippen LogP contribution in [0.4, 0.5) is 17.1 Å². The molecule has 1 heterocycles. The number of para-hydroxylation sites is 2. The van der Waals surface area contributed by atoms with Crippen LogP contribution in [0.5, 0.6) is 0 Å². The van der Waals surface area contributed by atoms with Crippen molar-refractivity contribution in [1.82, 2.24) is 0 Å². The van der Waals surface area contributed by atoms with E-state index in [1.54, 1.807) is 0 Å². The van der Waals surface area contributed by atoms with Crippen LogP contribution in [0.2, 0.25) is 0 Å². The lowest BCUT2D eigenvalue weighted by Crippen LogP contribution is -2.26. The maximum Gasteiger partial charge on any atom is 0.0726 e. The van der Waals surface area contributed by atoms with Gasteiger partial charge in [-0.2, -0.15) is 0 Å². The van der Waals surface area contributed by atoms with Crippen LogP contribution in [0.25, 0.3) is 53.6 Å². The highest BCUT2D eigenvalue weighted by Gasteiger charge is 2.53. The highest BCUT2D eigenvalue weighted by molar-refractivity contribution is 7.26. The summed E-state index contributed by atoms with van der Waals surface area (Å²) in [5.74, 6) is 0. The van der Waals surface area contributed by atoms with Crippen LogP contribution in [0, 0.1) is 0 Å². The molecule has 0 saturated carbocycles. The number of anilines is 3. The summed E-state index contributed by atoms with van der Waals surface area (Å²) in [6.07, 6.45) is 0. The Kier molecular flexibility index (Phi) is 6.11. The molecule has 11 rings (SSSR count). The third-order valence-corrected chi connectivity index (χ3v) is 12.2. The summed E-state index contributed by atoms with van der Waals surface area (Å²) in [5, 5.41) is 2.59. The molecule has 0 aliphatic heterocycles. The Morgan fingerprint density at radius 1 is 0.392 bits per heavy atom. The fourth-order valence-electron chi connectivity index (χ4n) is 9.07. The number of fused-ring (bicyclic) bond motifs is 13. The molecule has 0 atom stereocenters. The molecule has 1 spiro atoms. The summed E-state index contributed by atoms with van der Waals surface area (Å²) in [4.78, 5) is 2.52. The van der Waals surface area contributed by atoms with Gasteiger partial charge in [0.05, 0.1) is 11.1 Å². The van der Waals surface area contributed by atoms with Crippen LogP contribution >= 0.6 is 11.3 Å². The lowest BCUT2D eigenvalue weighted by atomic mass is 9.70. The van der Waals surface area contributed by atoms with Crippen molar-refractivity contribution in [3.05, 3.63) is 210 Å². The topological polar surface area (TPSA) is 3.24 Å². The molecular weight excluding hydrogens is 635 g/mol. The molecule has 8 aromatic carbocycles. The second kappa shape index (κ2) is 10.9. The first-order chi connectivity index (χ1) is 25.3. The normalized spacial score (nSPS) is 13.3. The Hall–Kier alpha value is -6.22. The molecule has 0 amide bonds. The molecular formula is C49H31NS. The number of hydrogen-bond donors (Lipinski definition) is 0. The molecule has 0 N–H and O–H groups in total. The number of hydrogen-bond acceptors (Lipinski definition) is 2. The van der Waals surface area contributed by atoms with Gasteiger partial charge in [-0.05, 0) is 92.5 Å². The quantitative estimate of drug-likeness (QED) is 0.181. The smallest absolute Gasteiger partial charge is 0.0726 e. The van der Waals surface area contributed by atoms with Gasteiger partial charge in [0.15, 0.2) is 0 Å². The minimum Gasteiger partial charge on any atom is -0.309 e. The van der Waals surface area contributed by atoms with E-state index in [4.69, 9.17) is 0 Å². The maximum atomic E-state index is 2.55. The molecule has 1 nitrogen and oxygen atoms in total. The minimum absolute atomic E-state index is 0.467. The van der Waals surface area contributed by atoms with Gasteiger partial charge < -0.3 is 4.90 Å². The van der Waals surface area contributed by atoms with Gasteiger partial charge in [0.2, 0.25) is 0 Å². The van der Waals surface area contributed by atoms with Crippen molar-refractivity contribution in [2.45, 2.75) is 5.41 Å². The average Bonchev–Trinajstić information content (AvgIpc) is 3.82. The summed E-state index contributed by atoms with van der Waals surface area (Å²) >= 11 is 1.91. The second-order valence-corrected chi connectivity index (χ2v) is 14.7.